The summed E-state index contributed by atoms with van der Waals surface area (Å²) >= 11 is 0. The van der Waals surface area contributed by atoms with Gasteiger partial charge in [-0.15, -0.1) is 0 Å². The van der Waals surface area contributed by atoms with Crippen LogP contribution in [0.1, 0.15) is 21.7 Å². The number of amides is 1. The highest BCUT2D eigenvalue weighted by atomic mass is 16.6. The number of aromatic hydroxyl groups is 1. The monoisotopic (exact) mass is 276 g/mol. The maximum atomic E-state index is 12.0. The molecule has 0 radical (unpaired) electrons. The lowest BCUT2D eigenvalue weighted by molar-refractivity contribution is -0.385. The number of nitrogens with zero attached hydrogens (tertiary/aromatic N) is 2. The van der Waals surface area contributed by atoms with E-state index in [0.29, 0.717) is 17.1 Å². The van der Waals surface area contributed by atoms with E-state index in [4.69, 9.17) is 0 Å². The number of phenols is 1. The Morgan fingerprint density at radius 3 is 2.65 bits per heavy atom. The fourth-order valence-corrected chi connectivity index (χ4v) is 1.74. The molecule has 0 unspecified atom stereocenters. The van der Waals surface area contributed by atoms with Crippen molar-refractivity contribution in [2.75, 3.05) is 5.32 Å². The molecule has 0 aliphatic carbocycles. The molecule has 0 fully saturated rings. The van der Waals surface area contributed by atoms with Crippen molar-refractivity contribution in [3.8, 4) is 5.75 Å². The van der Waals surface area contributed by atoms with E-state index < -0.39 is 22.3 Å². The minimum atomic E-state index is -0.721. The van der Waals surface area contributed by atoms with Gasteiger partial charge in [-0.2, -0.15) is 5.10 Å². The van der Waals surface area contributed by atoms with Crippen LogP contribution in [0, 0.1) is 24.0 Å². The lowest BCUT2D eigenvalue weighted by atomic mass is 10.1. The second kappa shape index (κ2) is 5.00. The van der Waals surface area contributed by atoms with E-state index in [1.54, 1.807) is 13.8 Å². The first kappa shape index (κ1) is 13.5. The molecule has 1 aromatic heterocycles. The first-order chi connectivity index (χ1) is 9.40. The fourth-order valence-electron chi connectivity index (χ4n) is 1.74. The number of aromatic nitrogens is 2. The molecule has 20 heavy (non-hydrogen) atoms. The van der Waals surface area contributed by atoms with E-state index in [1.807, 2.05) is 0 Å². The number of hydrogen-bond acceptors (Lipinski definition) is 5. The Bertz CT molecular complexity index is 673. The molecule has 2 rings (SSSR count). The maximum absolute atomic E-state index is 12.0. The van der Waals surface area contributed by atoms with E-state index in [-0.39, 0.29) is 5.56 Å². The zero-order chi connectivity index (χ0) is 14.9. The molecule has 2 aromatic rings. The third-order valence-electron chi connectivity index (χ3n) is 2.80. The highest BCUT2D eigenvalue weighted by Gasteiger charge is 2.17. The van der Waals surface area contributed by atoms with E-state index in [0.717, 1.165) is 12.1 Å². The third kappa shape index (κ3) is 2.44. The van der Waals surface area contributed by atoms with Gasteiger partial charge in [0.05, 0.1) is 22.0 Å². The molecule has 3 N–H and O–H groups in total. The van der Waals surface area contributed by atoms with Crippen LogP contribution in [0.3, 0.4) is 0 Å². The zero-order valence-electron chi connectivity index (χ0n) is 10.8. The van der Waals surface area contributed by atoms with E-state index in [9.17, 15) is 20.0 Å². The minimum Gasteiger partial charge on any atom is -0.502 e. The summed E-state index contributed by atoms with van der Waals surface area (Å²) in [5.41, 5.74) is 1.54. The van der Waals surface area contributed by atoms with Crippen LogP contribution in [0.25, 0.3) is 0 Å². The number of aryl methyl sites for hydroxylation is 2. The van der Waals surface area contributed by atoms with Crippen LogP contribution in [0.4, 0.5) is 11.4 Å². The summed E-state index contributed by atoms with van der Waals surface area (Å²) in [6, 6.07) is 3.41. The lowest BCUT2D eigenvalue weighted by Crippen LogP contribution is -2.13. The number of carbonyl (C=O) groups is 1. The highest BCUT2D eigenvalue weighted by molar-refractivity contribution is 6.05. The van der Waals surface area contributed by atoms with Crippen LogP contribution < -0.4 is 5.32 Å². The maximum Gasteiger partial charge on any atom is 0.310 e. The molecule has 0 saturated heterocycles. The van der Waals surface area contributed by atoms with E-state index in [1.165, 1.54) is 6.07 Å². The van der Waals surface area contributed by atoms with Crippen LogP contribution >= 0.6 is 0 Å². The van der Waals surface area contributed by atoms with Crippen molar-refractivity contribution in [1.82, 2.24) is 10.2 Å². The fraction of sp³-hybridized carbons (Fsp3) is 0.167. The first-order valence-electron chi connectivity index (χ1n) is 5.70. The van der Waals surface area contributed by atoms with Gasteiger partial charge in [0.2, 0.25) is 0 Å². The predicted octanol–water partition coefficient (Wildman–Crippen LogP) is 1.89. The summed E-state index contributed by atoms with van der Waals surface area (Å²) in [4.78, 5) is 21.9. The Kier molecular flexibility index (Phi) is 3.38. The SMILES string of the molecule is Cc1n[nH]c(C)c1NC(=O)c1ccc([N+](=O)[O-])c(O)c1. The predicted molar refractivity (Wildman–Crippen MR) is 70.8 cm³/mol. The summed E-state index contributed by atoms with van der Waals surface area (Å²) in [5, 5.41) is 29.4. The summed E-state index contributed by atoms with van der Waals surface area (Å²) in [5.74, 6) is -1.04. The van der Waals surface area contributed by atoms with Crippen molar-refractivity contribution in [1.29, 1.82) is 0 Å². The highest BCUT2D eigenvalue weighted by Crippen LogP contribution is 2.27. The number of aromatic amines is 1. The third-order valence-corrected chi connectivity index (χ3v) is 2.80. The smallest absolute Gasteiger partial charge is 0.310 e. The number of nitro groups is 1. The molecule has 8 nitrogen and oxygen atoms in total. The Morgan fingerprint density at radius 1 is 1.45 bits per heavy atom. The second-order valence-electron chi connectivity index (χ2n) is 4.22. The summed E-state index contributed by atoms with van der Waals surface area (Å²) < 4.78 is 0. The molecule has 0 spiro atoms. The quantitative estimate of drug-likeness (QED) is 0.583. The molecule has 0 saturated carbocycles. The summed E-state index contributed by atoms with van der Waals surface area (Å²) in [6.07, 6.45) is 0. The number of benzene rings is 1. The largest absolute Gasteiger partial charge is 0.502 e. The molecule has 0 bridgehead atoms. The number of anilines is 1. The molecular formula is C12H12N4O4. The molecule has 0 aliphatic heterocycles. The Morgan fingerprint density at radius 2 is 2.15 bits per heavy atom. The van der Waals surface area contributed by atoms with Gasteiger partial charge >= 0.3 is 5.69 Å². The van der Waals surface area contributed by atoms with Gasteiger partial charge in [-0.05, 0) is 26.0 Å². The van der Waals surface area contributed by atoms with Crippen molar-refractivity contribution in [3.63, 3.8) is 0 Å². The van der Waals surface area contributed by atoms with E-state index in [2.05, 4.69) is 15.5 Å². The van der Waals surface area contributed by atoms with Crippen molar-refractivity contribution in [2.45, 2.75) is 13.8 Å². The average Bonchev–Trinajstić information content (AvgIpc) is 2.70. The number of phenolic OH excluding ortho intramolecular Hbond substituents is 1. The molecule has 104 valence electrons. The van der Waals surface area contributed by atoms with Crippen molar-refractivity contribution in [2.24, 2.45) is 0 Å². The molecule has 8 heteroatoms. The van der Waals surface area contributed by atoms with Crippen molar-refractivity contribution < 1.29 is 14.8 Å². The molecule has 1 heterocycles. The van der Waals surface area contributed by atoms with Gasteiger partial charge in [0.1, 0.15) is 0 Å². The van der Waals surface area contributed by atoms with Gasteiger partial charge in [0.15, 0.2) is 5.75 Å². The van der Waals surface area contributed by atoms with Crippen LogP contribution in [0.15, 0.2) is 18.2 Å². The lowest BCUT2D eigenvalue weighted by Gasteiger charge is -2.05. The van der Waals surface area contributed by atoms with Crippen LogP contribution in [-0.2, 0) is 0 Å². The molecule has 0 aliphatic rings. The molecule has 0 atom stereocenters. The zero-order valence-corrected chi connectivity index (χ0v) is 10.8. The number of H-pyrrole nitrogens is 1. The van der Waals surface area contributed by atoms with Crippen LogP contribution in [0.5, 0.6) is 5.75 Å². The van der Waals surface area contributed by atoms with Gasteiger partial charge in [-0.25, -0.2) is 0 Å². The number of hydrogen-bond donors (Lipinski definition) is 3. The topological polar surface area (TPSA) is 121 Å². The first-order valence-corrected chi connectivity index (χ1v) is 5.70. The van der Waals surface area contributed by atoms with Gasteiger partial charge < -0.3 is 10.4 Å². The van der Waals surface area contributed by atoms with E-state index >= 15 is 0 Å². The number of rotatable bonds is 3. The standard InChI is InChI=1S/C12H12N4O4/c1-6-11(7(2)15-14-6)13-12(18)8-3-4-9(16(19)20)10(17)5-8/h3-5,17H,1-2H3,(H,13,18)(H,14,15). The van der Waals surface area contributed by atoms with Gasteiger partial charge in [-0.3, -0.25) is 20.0 Å². The molecule has 1 aromatic carbocycles. The van der Waals surface area contributed by atoms with Gasteiger partial charge in [0.25, 0.3) is 5.91 Å². The number of carbonyl (C=O) groups excluding carboxylic acids is 1. The Labute approximate surface area is 113 Å². The molecule has 1 amide bonds. The number of nitrogens with one attached hydrogen (secondary N) is 2. The van der Waals surface area contributed by atoms with Crippen molar-refractivity contribution >= 4 is 17.3 Å². The normalized spacial score (nSPS) is 10.3. The summed E-state index contributed by atoms with van der Waals surface area (Å²) in [7, 11) is 0. The molecular weight excluding hydrogens is 264 g/mol. The van der Waals surface area contributed by atoms with Crippen molar-refractivity contribution in [3.05, 3.63) is 45.3 Å². The Balaban J connectivity index is 2.26. The van der Waals surface area contributed by atoms with Gasteiger partial charge in [0, 0.05) is 11.6 Å². The number of nitro benzene ring substituents is 1. The summed E-state index contributed by atoms with van der Waals surface area (Å²) in [6.45, 7) is 3.48. The average molecular weight is 276 g/mol. The van der Waals surface area contributed by atoms with Gasteiger partial charge in [-0.1, -0.05) is 0 Å². The van der Waals surface area contributed by atoms with Crippen LogP contribution in [-0.4, -0.2) is 26.1 Å². The Hall–Kier alpha value is -2.90. The second-order valence-corrected chi connectivity index (χ2v) is 4.22. The van der Waals surface area contributed by atoms with Crippen LogP contribution in [0.2, 0.25) is 0 Å². The minimum absolute atomic E-state index is 0.119.